The zero-order valence-electron chi connectivity index (χ0n) is 13.2. The molecule has 24 heavy (non-hydrogen) atoms. The first-order valence-electron chi connectivity index (χ1n) is 7.67. The summed E-state index contributed by atoms with van der Waals surface area (Å²) in [7, 11) is 0. The first-order valence-corrected chi connectivity index (χ1v) is 7.67. The van der Waals surface area contributed by atoms with Crippen molar-refractivity contribution in [1.82, 2.24) is 5.06 Å². The number of fused-ring (bicyclic) bond motifs is 2. The van der Waals surface area contributed by atoms with Gasteiger partial charge in [0.1, 0.15) is 24.9 Å². The Morgan fingerprint density at radius 3 is 2.38 bits per heavy atom. The number of hydrogen-bond acceptors (Lipinski definition) is 7. The number of ether oxygens (including phenoxy) is 3. The summed E-state index contributed by atoms with van der Waals surface area (Å²) in [6.45, 7) is 3.28. The first kappa shape index (κ1) is 15.7. The van der Waals surface area contributed by atoms with Crippen LogP contribution in [0, 0.1) is 0 Å². The lowest BCUT2D eigenvalue weighted by molar-refractivity contribution is -0.228. The molecular weight excluding hydrogens is 318 g/mol. The van der Waals surface area contributed by atoms with Crippen molar-refractivity contribution in [3.05, 3.63) is 35.4 Å². The minimum absolute atomic E-state index is 0.174. The third-order valence-corrected chi connectivity index (χ3v) is 4.24. The van der Waals surface area contributed by atoms with Gasteiger partial charge in [-0.05, 0) is 26.0 Å². The van der Waals surface area contributed by atoms with Gasteiger partial charge in [0.05, 0.1) is 11.1 Å². The molecule has 4 atom stereocenters. The van der Waals surface area contributed by atoms with Crippen LogP contribution in [0.3, 0.4) is 0 Å². The Bertz CT molecular complexity index is 668. The van der Waals surface area contributed by atoms with E-state index in [1.807, 2.05) is 0 Å². The van der Waals surface area contributed by atoms with Crippen molar-refractivity contribution >= 4 is 11.8 Å². The van der Waals surface area contributed by atoms with Gasteiger partial charge in [-0.2, -0.15) is 0 Å². The number of hydrogen-bond donors (Lipinski definition) is 1. The fourth-order valence-corrected chi connectivity index (χ4v) is 3.13. The van der Waals surface area contributed by atoms with Gasteiger partial charge in [0.25, 0.3) is 11.8 Å². The molecule has 1 N–H and O–H groups in total. The van der Waals surface area contributed by atoms with E-state index in [-0.39, 0.29) is 6.61 Å². The molecule has 4 rings (SSSR count). The Kier molecular flexibility index (Phi) is 3.48. The summed E-state index contributed by atoms with van der Waals surface area (Å²) in [5.74, 6) is -1.89. The number of aliphatic hydroxyl groups excluding tert-OH is 1. The lowest BCUT2D eigenvalue weighted by Gasteiger charge is -2.23. The van der Waals surface area contributed by atoms with Crippen LogP contribution in [0.1, 0.15) is 34.6 Å². The van der Waals surface area contributed by atoms with Crippen LogP contribution in [0.4, 0.5) is 0 Å². The number of amides is 2. The number of benzene rings is 1. The van der Waals surface area contributed by atoms with Crippen molar-refractivity contribution in [2.24, 2.45) is 0 Å². The Morgan fingerprint density at radius 2 is 1.79 bits per heavy atom. The van der Waals surface area contributed by atoms with Gasteiger partial charge in [0.2, 0.25) is 0 Å². The van der Waals surface area contributed by atoms with Gasteiger partial charge in [-0.15, -0.1) is 5.06 Å². The molecule has 3 heterocycles. The maximum Gasteiger partial charge on any atom is 0.285 e. The van der Waals surface area contributed by atoms with Gasteiger partial charge in [0.15, 0.2) is 12.1 Å². The molecule has 2 saturated heterocycles. The zero-order valence-corrected chi connectivity index (χ0v) is 13.2. The standard InChI is InChI=1S/C16H17NO7/c1-16(2)23-12-11(18)10(22-15(12)24-16)7-21-17-13(19)8-5-3-4-6-9(8)14(17)20/h3-6,10-12,15,18H,7H2,1-2H3/t10-,11+,12+,15+/m0/s1. The lowest BCUT2D eigenvalue weighted by atomic mass is 10.1. The topological polar surface area (TPSA) is 94.5 Å². The lowest BCUT2D eigenvalue weighted by Crippen LogP contribution is -2.40. The van der Waals surface area contributed by atoms with Crippen LogP contribution in [0.15, 0.2) is 24.3 Å². The number of hydroxylamine groups is 2. The van der Waals surface area contributed by atoms with Crippen LogP contribution in [-0.2, 0) is 19.0 Å². The van der Waals surface area contributed by atoms with E-state index in [4.69, 9.17) is 19.0 Å². The molecule has 8 heteroatoms. The van der Waals surface area contributed by atoms with Crippen LogP contribution in [0.5, 0.6) is 0 Å². The van der Waals surface area contributed by atoms with Gasteiger partial charge in [-0.25, -0.2) is 0 Å². The summed E-state index contributed by atoms with van der Waals surface area (Å²) < 4.78 is 16.7. The van der Waals surface area contributed by atoms with Crippen molar-refractivity contribution in [3.63, 3.8) is 0 Å². The third kappa shape index (κ3) is 2.35. The van der Waals surface area contributed by atoms with Gasteiger partial charge >= 0.3 is 0 Å². The molecule has 0 aliphatic carbocycles. The van der Waals surface area contributed by atoms with Crippen molar-refractivity contribution in [3.8, 4) is 0 Å². The van der Waals surface area contributed by atoms with Crippen LogP contribution in [0.2, 0.25) is 0 Å². The second-order valence-corrected chi connectivity index (χ2v) is 6.38. The number of rotatable bonds is 3. The number of imide groups is 1. The van der Waals surface area contributed by atoms with Crippen LogP contribution >= 0.6 is 0 Å². The Balaban J connectivity index is 1.41. The molecule has 0 bridgehead atoms. The highest BCUT2D eigenvalue weighted by atomic mass is 16.8. The molecule has 8 nitrogen and oxygen atoms in total. The molecule has 0 unspecified atom stereocenters. The Hall–Kier alpha value is -1.84. The normalized spacial score (nSPS) is 33.9. The predicted molar refractivity (Wildman–Crippen MR) is 77.6 cm³/mol. The smallest absolute Gasteiger partial charge is 0.285 e. The molecule has 0 radical (unpaired) electrons. The SMILES string of the molecule is CC1(C)O[C@H]2O[C@@H](CON3C(=O)c4ccccc4C3=O)[C@@H](O)[C@H]2O1. The fraction of sp³-hybridized carbons (Fsp3) is 0.500. The Morgan fingerprint density at radius 1 is 1.17 bits per heavy atom. The second kappa shape index (κ2) is 5.33. The monoisotopic (exact) mass is 335 g/mol. The summed E-state index contributed by atoms with van der Waals surface area (Å²) >= 11 is 0. The van der Waals surface area contributed by atoms with Gasteiger partial charge in [-0.3, -0.25) is 14.4 Å². The quantitative estimate of drug-likeness (QED) is 0.802. The maximum absolute atomic E-state index is 12.2. The van der Waals surface area contributed by atoms with Crippen molar-refractivity contribution in [1.29, 1.82) is 0 Å². The van der Waals surface area contributed by atoms with E-state index in [1.54, 1.807) is 38.1 Å². The molecule has 2 fully saturated rings. The van der Waals surface area contributed by atoms with Crippen LogP contribution in [0.25, 0.3) is 0 Å². The number of aliphatic hydroxyl groups is 1. The molecule has 0 spiro atoms. The molecule has 0 saturated carbocycles. The van der Waals surface area contributed by atoms with E-state index < -0.39 is 42.2 Å². The molecule has 1 aromatic rings. The van der Waals surface area contributed by atoms with E-state index in [9.17, 15) is 14.7 Å². The highest BCUT2D eigenvalue weighted by molar-refractivity contribution is 6.20. The van der Waals surface area contributed by atoms with Crippen molar-refractivity contribution in [2.75, 3.05) is 6.61 Å². The highest BCUT2D eigenvalue weighted by Gasteiger charge is 2.54. The minimum Gasteiger partial charge on any atom is -0.387 e. The average molecular weight is 335 g/mol. The summed E-state index contributed by atoms with van der Waals surface area (Å²) in [4.78, 5) is 29.7. The first-order chi connectivity index (χ1) is 11.4. The van der Waals surface area contributed by atoms with E-state index in [0.29, 0.717) is 16.2 Å². The molecule has 128 valence electrons. The van der Waals surface area contributed by atoms with E-state index in [1.165, 1.54) is 0 Å². The fourth-order valence-electron chi connectivity index (χ4n) is 3.13. The summed E-state index contributed by atoms with van der Waals surface area (Å²) in [5, 5.41) is 11.0. The summed E-state index contributed by atoms with van der Waals surface area (Å²) in [6, 6.07) is 6.48. The van der Waals surface area contributed by atoms with Crippen molar-refractivity contribution < 1.29 is 33.7 Å². The van der Waals surface area contributed by atoms with Crippen LogP contribution in [-0.4, -0.2) is 59.0 Å². The minimum atomic E-state index is -0.980. The maximum atomic E-state index is 12.2. The average Bonchev–Trinajstić information content (AvgIpc) is 3.08. The third-order valence-electron chi connectivity index (χ3n) is 4.24. The summed E-state index contributed by atoms with van der Waals surface area (Å²) in [5.41, 5.74) is 0.585. The van der Waals surface area contributed by atoms with Gasteiger partial charge in [0, 0.05) is 0 Å². The molecule has 0 aromatic heterocycles. The number of nitrogens with zero attached hydrogens (tertiary/aromatic N) is 1. The van der Waals surface area contributed by atoms with Crippen LogP contribution < -0.4 is 0 Å². The molecule has 3 aliphatic rings. The van der Waals surface area contributed by atoms with Crippen molar-refractivity contribution in [2.45, 2.75) is 44.2 Å². The molecule has 1 aromatic carbocycles. The summed E-state index contributed by atoms with van der Waals surface area (Å²) in [6.07, 6.45) is -3.08. The second-order valence-electron chi connectivity index (χ2n) is 6.38. The molecule has 2 amide bonds. The zero-order chi connectivity index (χ0) is 17.1. The highest BCUT2D eigenvalue weighted by Crippen LogP contribution is 2.37. The van der Waals surface area contributed by atoms with E-state index in [2.05, 4.69) is 0 Å². The van der Waals surface area contributed by atoms with Gasteiger partial charge in [-0.1, -0.05) is 12.1 Å². The predicted octanol–water partition coefficient (Wildman–Crippen LogP) is 0.452. The van der Waals surface area contributed by atoms with E-state index in [0.717, 1.165) is 0 Å². The Labute approximate surface area is 137 Å². The molecular formula is C16H17NO7. The molecule has 3 aliphatic heterocycles. The largest absolute Gasteiger partial charge is 0.387 e. The van der Waals surface area contributed by atoms with E-state index >= 15 is 0 Å². The number of carbonyl (C=O) groups excluding carboxylic acids is 2. The number of carbonyl (C=O) groups is 2. The van der Waals surface area contributed by atoms with Gasteiger partial charge < -0.3 is 19.3 Å².